The van der Waals surface area contributed by atoms with Gasteiger partial charge >= 0.3 is 0 Å². The highest BCUT2D eigenvalue weighted by Crippen LogP contribution is 2.48. The topological polar surface area (TPSA) is 0 Å². The van der Waals surface area contributed by atoms with Crippen molar-refractivity contribution in [1.29, 1.82) is 0 Å². The Morgan fingerprint density at radius 1 is 0.536 bits per heavy atom. The molecule has 0 aromatic heterocycles. The number of rotatable bonds is 8. The van der Waals surface area contributed by atoms with E-state index in [9.17, 15) is 0 Å². The van der Waals surface area contributed by atoms with Crippen molar-refractivity contribution in [3.63, 3.8) is 0 Å². The lowest BCUT2D eigenvalue weighted by Crippen LogP contribution is -2.17. The van der Waals surface area contributed by atoms with Crippen LogP contribution in [0.2, 0.25) is 0 Å². The highest BCUT2D eigenvalue weighted by Gasteiger charge is 2.37. The van der Waals surface area contributed by atoms with E-state index >= 15 is 0 Å². The summed E-state index contributed by atoms with van der Waals surface area (Å²) in [7, 11) is 0. The highest BCUT2D eigenvalue weighted by molar-refractivity contribution is 4.88. The third-order valence-electron chi connectivity index (χ3n) is 10.1. The van der Waals surface area contributed by atoms with Crippen LogP contribution in [0.1, 0.15) is 135 Å². The molecular weight excluding hydrogens is 336 g/mol. The van der Waals surface area contributed by atoms with Crippen molar-refractivity contribution >= 4 is 0 Å². The number of hydrogen-bond donors (Lipinski definition) is 0. The summed E-state index contributed by atoms with van der Waals surface area (Å²) < 4.78 is 0. The van der Waals surface area contributed by atoms with Crippen molar-refractivity contribution < 1.29 is 0 Å². The first kappa shape index (κ1) is 21.2. The van der Waals surface area contributed by atoms with Gasteiger partial charge in [0.25, 0.3) is 0 Å². The fourth-order valence-electron chi connectivity index (χ4n) is 8.18. The molecule has 4 fully saturated rings. The zero-order chi connectivity index (χ0) is 19.2. The van der Waals surface area contributed by atoms with Gasteiger partial charge in [-0.05, 0) is 73.5 Å². The van der Waals surface area contributed by atoms with Gasteiger partial charge in [-0.3, -0.25) is 0 Å². The molecule has 0 heteroatoms. The molecule has 5 unspecified atom stereocenters. The van der Waals surface area contributed by atoms with Crippen LogP contribution in [-0.4, -0.2) is 0 Å². The molecule has 0 aromatic carbocycles. The predicted molar refractivity (Wildman–Crippen MR) is 122 cm³/mol. The van der Waals surface area contributed by atoms with Gasteiger partial charge in [-0.25, -0.2) is 0 Å². The first-order valence-electron chi connectivity index (χ1n) is 13.8. The molecule has 0 radical (unpaired) electrons. The van der Waals surface area contributed by atoms with Gasteiger partial charge in [-0.15, -0.1) is 0 Å². The molecule has 0 heterocycles. The van der Waals surface area contributed by atoms with Crippen LogP contribution >= 0.6 is 0 Å². The van der Waals surface area contributed by atoms with E-state index in [2.05, 4.69) is 6.92 Å². The van der Waals surface area contributed by atoms with Gasteiger partial charge in [-0.2, -0.15) is 0 Å². The average Bonchev–Trinajstić information content (AvgIpc) is 3.35. The normalized spacial score (nSPS) is 38.2. The second-order valence-electron chi connectivity index (χ2n) is 11.8. The molecule has 4 aliphatic rings. The molecule has 0 saturated heterocycles. The Hall–Kier alpha value is 0. The molecule has 0 nitrogen and oxygen atoms in total. The minimum atomic E-state index is 1.03. The molecule has 0 aliphatic heterocycles. The SMILES string of the molecule is CC1C(CCCCC2CCCCC2)CCC1CC1CCC(C2CCCCC2)C1. The Bertz CT molecular complexity index is 427. The maximum Gasteiger partial charge on any atom is -0.0383 e. The van der Waals surface area contributed by atoms with Crippen molar-refractivity contribution in [2.24, 2.45) is 41.4 Å². The number of unbranched alkanes of at least 4 members (excludes halogenated alkanes) is 1. The van der Waals surface area contributed by atoms with Gasteiger partial charge in [0.1, 0.15) is 0 Å². The summed E-state index contributed by atoms with van der Waals surface area (Å²) in [5.41, 5.74) is 0. The van der Waals surface area contributed by atoms with Gasteiger partial charge in [-0.1, -0.05) is 103 Å². The van der Waals surface area contributed by atoms with Crippen molar-refractivity contribution in [3.8, 4) is 0 Å². The van der Waals surface area contributed by atoms with E-state index in [0.29, 0.717) is 0 Å². The van der Waals surface area contributed by atoms with Gasteiger partial charge < -0.3 is 0 Å². The zero-order valence-electron chi connectivity index (χ0n) is 19.2. The molecule has 4 saturated carbocycles. The van der Waals surface area contributed by atoms with Crippen molar-refractivity contribution in [3.05, 3.63) is 0 Å². The second-order valence-corrected chi connectivity index (χ2v) is 11.8. The zero-order valence-corrected chi connectivity index (χ0v) is 19.2. The van der Waals surface area contributed by atoms with E-state index in [1.807, 2.05) is 0 Å². The van der Waals surface area contributed by atoms with Crippen molar-refractivity contribution in [2.75, 3.05) is 0 Å². The Labute approximate surface area is 177 Å². The standard InChI is InChI=1S/C28H50/c1-22-25(13-9-8-12-23-10-4-2-5-11-23)18-19-27(22)20-24-16-17-28(21-24)26-14-6-3-7-15-26/h22-28H,2-21H2,1H3. The molecule has 0 amide bonds. The molecule has 162 valence electrons. The fourth-order valence-corrected chi connectivity index (χ4v) is 8.18. The van der Waals surface area contributed by atoms with E-state index in [1.165, 1.54) is 51.4 Å². The van der Waals surface area contributed by atoms with Crippen molar-refractivity contribution in [2.45, 2.75) is 135 Å². The van der Waals surface area contributed by atoms with Crippen LogP contribution < -0.4 is 0 Å². The second kappa shape index (κ2) is 10.9. The van der Waals surface area contributed by atoms with Gasteiger partial charge in [0.15, 0.2) is 0 Å². The summed E-state index contributed by atoms with van der Waals surface area (Å²) in [6.45, 7) is 2.64. The van der Waals surface area contributed by atoms with Crippen LogP contribution in [0.4, 0.5) is 0 Å². The summed E-state index contributed by atoms with van der Waals surface area (Å²) in [6.07, 6.45) is 31.1. The first-order valence-corrected chi connectivity index (χ1v) is 13.8. The smallest absolute Gasteiger partial charge is 0.0383 e. The van der Waals surface area contributed by atoms with E-state index in [-0.39, 0.29) is 0 Å². The molecule has 28 heavy (non-hydrogen) atoms. The van der Waals surface area contributed by atoms with Crippen LogP contribution in [-0.2, 0) is 0 Å². The molecule has 4 rings (SSSR count). The van der Waals surface area contributed by atoms with Crippen LogP contribution in [0.3, 0.4) is 0 Å². The van der Waals surface area contributed by atoms with Crippen LogP contribution in [0.25, 0.3) is 0 Å². The number of hydrogen-bond acceptors (Lipinski definition) is 0. The molecule has 5 atom stereocenters. The quantitative estimate of drug-likeness (QED) is 0.365. The largest absolute Gasteiger partial charge is 0.0620 e. The highest BCUT2D eigenvalue weighted by atomic mass is 14.4. The fraction of sp³-hybridized carbons (Fsp3) is 1.00. The van der Waals surface area contributed by atoms with Crippen molar-refractivity contribution in [1.82, 2.24) is 0 Å². The maximum atomic E-state index is 2.64. The lowest BCUT2D eigenvalue weighted by molar-refractivity contribution is 0.232. The van der Waals surface area contributed by atoms with E-state index < -0.39 is 0 Å². The summed E-state index contributed by atoms with van der Waals surface area (Å²) in [4.78, 5) is 0. The van der Waals surface area contributed by atoms with E-state index in [4.69, 9.17) is 0 Å². The molecule has 0 bridgehead atoms. The average molecular weight is 387 g/mol. The minimum absolute atomic E-state index is 1.03. The molecule has 0 aromatic rings. The third kappa shape index (κ3) is 5.78. The molecule has 0 spiro atoms. The maximum absolute atomic E-state index is 2.64. The van der Waals surface area contributed by atoms with Crippen LogP contribution in [0.15, 0.2) is 0 Å². The first-order chi connectivity index (χ1) is 13.8. The minimum Gasteiger partial charge on any atom is -0.0620 e. The van der Waals surface area contributed by atoms with E-state index in [1.54, 1.807) is 77.0 Å². The predicted octanol–water partition coefficient (Wildman–Crippen LogP) is 9.18. The van der Waals surface area contributed by atoms with Gasteiger partial charge in [0.2, 0.25) is 0 Å². The van der Waals surface area contributed by atoms with E-state index in [0.717, 1.165) is 41.4 Å². The van der Waals surface area contributed by atoms with Crippen LogP contribution in [0, 0.1) is 41.4 Å². The molecule has 4 aliphatic carbocycles. The Kier molecular flexibility index (Phi) is 8.24. The third-order valence-corrected chi connectivity index (χ3v) is 10.1. The monoisotopic (exact) mass is 386 g/mol. The van der Waals surface area contributed by atoms with Gasteiger partial charge in [0, 0.05) is 0 Å². The Morgan fingerprint density at radius 3 is 2.00 bits per heavy atom. The Morgan fingerprint density at radius 2 is 1.21 bits per heavy atom. The lowest BCUT2D eigenvalue weighted by atomic mass is 9.78. The Balaban J connectivity index is 1.12. The van der Waals surface area contributed by atoms with Crippen LogP contribution in [0.5, 0.6) is 0 Å². The molecule has 0 N–H and O–H groups in total. The summed E-state index contributed by atoms with van der Waals surface area (Å²) in [5.74, 6) is 7.63. The summed E-state index contributed by atoms with van der Waals surface area (Å²) >= 11 is 0. The summed E-state index contributed by atoms with van der Waals surface area (Å²) in [6, 6.07) is 0. The summed E-state index contributed by atoms with van der Waals surface area (Å²) in [5, 5.41) is 0. The lowest BCUT2D eigenvalue weighted by Gasteiger charge is -2.28. The molecular formula is C28H50. The van der Waals surface area contributed by atoms with Gasteiger partial charge in [0.05, 0.1) is 0 Å².